The quantitative estimate of drug-likeness (QED) is 0.830. The van der Waals surface area contributed by atoms with Crippen molar-refractivity contribution >= 4 is 11.7 Å². The van der Waals surface area contributed by atoms with E-state index in [1.165, 1.54) is 6.42 Å². The van der Waals surface area contributed by atoms with Crippen LogP contribution in [-0.4, -0.2) is 18.6 Å². The van der Waals surface area contributed by atoms with Gasteiger partial charge in [0.05, 0.1) is 12.5 Å². The number of nitrogens with one attached hydrogen (secondary N) is 1. The van der Waals surface area contributed by atoms with Crippen LogP contribution in [-0.2, 0) is 9.53 Å². The van der Waals surface area contributed by atoms with Crippen molar-refractivity contribution in [1.82, 2.24) is 0 Å². The summed E-state index contributed by atoms with van der Waals surface area (Å²) in [6.45, 7) is 2.33. The highest BCUT2D eigenvalue weighted by molar-refractivity contribution is 5.74. The second-order valence-corrected chi connectivity index (χ2v) is 4.76. The van der Waals surface area contributed by atoms with Gasteiger partial charge in [-0.25, -0.2) is 0 Å². The molecule has 2 rings (SSSR count). The lowest BCUT2D eigenvalue weighted by atomic mass is 9.84. The van der Waals surface area contributed by atoms with Gasteiger partial charge in [0.25, 0.3) is 0 Å². The first-order valence-electron chi connectivity index (χ1n) is 6.79. The number of carbonyl (C=O) groups excluding carboxylic acids is 1. The van der Waals surface area contributed by atoms with Gasteiger partial charge in [0.15, 0.2) is 0 Å². The van der Waals surface area contributed by atoms with Crippen molar-refractivity contribution in [2.45, 2.75) is 38.6 Å². The third-order valence-electron chi connectivity index (χ3n) is 3.48. The highest BCUT2D eigenvalue weighted by Gasteiger charge is 2.31. The maximum absolute atomic E-state index is 11.9. The smallest absolute Gasteiger partial charge is 0.311 e. The van der Waals surface area contributed by atoms with Crippen molar-refractivity contribution < 1.29 is 9.53 Å². The van der Waals surface area contributed by atoms with Crippen molar-refractivity contribution in [1.29, 1.82) is 0 Å². The Balaban J connectivity index is 2.01. The van der Waals surface area contributed by atoms with Gasteiger partial charge in [0, 0.05) is 11.7 Å². The first kappa shape index (κ1) is 12.9. The topological polar surface area (TPSA) is 38.3 Å². The highest BCUT2D eigenvalue weighted by atomic mass is 16.5. The van der Waals surface area contributed by atoms with Crippen LogP contribution in [0.2, 0.25) is 0 Å². The summed E-state index contributed by atoms with van der Waals surface area (Å²) in [6.07, 6.45) is 4.28. The van der Waals surface area contributed by atoms with E-state index in [9.17, 15) is 4.79 Å². The molecule has 1 aromatic carbocycles. The molecular formula is C15H21NO2. The summed E-state index contributed by atoms with van der Waals surface area (Å²) in [7, 11) is 0. The zero-order valence-electron chi connectivity index (χ0n) is 10.9. The summed E-state index contributed by atoms with van der Waals surface area (Å²) < 4.78 is 5.17. The van der Waals surface area contributed by atoms with Crippen LogP contribution in [0.15, 0.2) is 30.3 Å². The molecule has 0 heterocycles. The van der Waals surface area contributed by atoms with E-state index in [0.29, 0.717) is 6.61 Å². The van der Waals surface area contributed by atoms with E-state index in [1.54, 1.807) is 0 Å². The molecule has 1 fully saturated rings. The van der Waals surface area contributed by atoms with Crippen LogP contribution in [0.25, 0.3) is 0 Å². The van der Waals surface area contributed by atoms with E-state index in [0.717, 1.165) is 24.9 Å². The number of rotatable bonds is 4. The summed E-state index contributed by atoms with van der Waals surface area (Å²) in [5, 5.41) is 3.47. The lowest BCUT2D eigenvalue weighted by Crippen LogP contribution is -2.38. The molecule has 0 aliphatic heterocycles. The summed E-state index contributed by atoms with van der Waals surface area (Å²) in [5.41, 5.74) is 1.08. The number of hydrogen-bond donors (Lipinski definition) is 1. The zero-order valence-corrected chi connectivity index (χ0v) is 10.9. The van der Waals surface area contributed by atoms with Gasteiger partial charge >= 0.3 is 5.97 Å². The molecule has 0 unspecified atom stereocenters. The van der Waals surface area contributed by atoms with E-state index in [2.05, 4.69) is 5.32 Å². The molecular weight excluding hydrogens is 226 g/mol. The third kappa shape index (κ3) is 3.25. The van der Waals surface area contributed by atoms with Crippen LogP contribution >= 0.6 is 0 Å². The molecule has 0 saturated heterocycles. The Hall–Kier alpha value is -1.51. The predicted molar refractivity (Wildman–Crippen MR) is 72.4 cm³/mol. The Bertz CT molecular complexity index is 377. The second kappa shape index (κ2) is 6.43. The standard InChI is InChI=1S/C15H21NO2/c1-2-18-15(17)13-10-6-7-11-14(13)16-12-8-4-3-5-9-12/h3-5,8-9,13-14,16H,2,6-7,10-11H2,1H3/t13-,14+/m1/s1. The van der Waals surface area contributed by atoms with Crippen LogP contribution in [0, 0.1) is 5.92 Å². The van der Waals surface area contributed by atoms with Crippen molar-refractivity contribution in [2.24, 2.45) is 5.92 Å². The molecule has 1 aromatic rings. The number of ether oxygens (including phenoxy) is 1. The maximum Gasteiger partial charge on any atom is 0.311 e. The SMILES string of the molecule is CCOC(=O)[C@@H]1CCCC[C@@H]1Nc1ccccc1. The van der Waals surface area contributed by atoms with Gasteiger partial charge in [-0.05, 0) is 31.9 Å². The molecule has 1 saturated carbocycles. The van der Waals surface area contributed by atoms with Gasteiger partial charge < -0.3 is 10.1 Å². The number of anilines is 1. The van der Waals surface area contributed by atoms with Crippen LogP contribution < -0.4 is 5.32 Å². The molecule has 98 valence electrons. The summed E-state index contributed by atoms with van der Waals surface area (Å²) in [5.74, 6) is -0.0514. The molecule has 0 radical (unpaired) electrons. The number of esters is 1. The molecule has 2 atom stereocenters. The van der Waals surface area contributed by atoms with E-state index < -0.39 is 0 Å². The maximum atomic E-state index is 11.9. The van der Waals surface area contributed by atoms with E-state index in [1.807, 2.05) is 37.3 Å². The molecule has 0 bridgehead atoms. The molecule has 1 N–H and O–H groups in total. The predicted octanol–water partition coefficient (Wildman–Crippen LogP) is 3.22. The van der Waals surface area contributed by atoms with Gasteiger partial charge in [-0.2, -0.15) is 0 Å². The van der Waals surface area contributed by atoms with E-state index in [4.69, 9.17) is 4.74 Å². The largest absolute Gasteiger partial charge is 0.466 e. The first-order valence-corrected chi connectivity index (χ1v) is 6.79. The van der Waals surface area contributed by atoms with Gasteiger partial charge in [-0.15, -0.1) is 0 Å². The number of para-hydroxylation sites is 1. The Kier molecular flexibility index (Phi) is 4.62. The van der Waals surface area contributed by atoms with Crippen molar-refractivity contribution in [3.8, 4) is 0 Å². The van der Waals surface area contributed by atoms with Crippen LogP contribution in [0.4, 0.5) is 5.69 Å². The summed E-state index contributed by atoms with van der Waals surface area (Å²) in [6, 6.07) is 10.3. The van der Waals surface area contributed by atoms with Gasteiger partial charge in [-0.1, -0.05) is 31.0 Å². The normalized spacial score (nSPS) is 23.4. The summed E-state index contributed by atoms with van der Waals surface area (Å²) >= 11 is 0. The number of carbonyl (C=O) groups is 1. The van der Waals surface area contributed by atoms with E-state index in [-0.39, 0.29) is 17.9 Å². The minimum atomic E-state index is -0.0503. The van der Waals surface area contributed by atoms with Crippen LogP contribution in [0.1, 0.15) is 32.6 Å². The first-order chi connectivity index (χ1) is 8.81. The summed E-state index contributed by atoms with van der Waals surface area (Å²) in [4.78, 5) is 11.9. The van der Waals surface area contributed by atoms with Crippen molar-refractivity contribution in [3.63, 3.8) is 0 Å². The molecule has 0 amide bonds. The zero-order chi connectivity index (χ0) is 12.8. The number of benzene rings is 1. The second-order valence-electron chi connectivity index (χ2n) is 4.76. The Morgan fingerprint density at radius 2 is 2.00 bits per heavy atom. The van der Waals surface area contributed by atoms with Gasteiger partial charge in [0.1, 0.15) is 0 Å². The molecule has 18 heavy (non-hydrogen) atoms. The van der Waals surface area contributed by atoms with Gasteiger partial charge in [-0.3, -0.25) is 4.79 Å². The van der Waals surface area contributed by atoms with Crippen LogP contribution in [0.3, 0.4) is 0 Å². The molecule has 3 nitrogen and oxygen atoms in total. The third-order valence-corrected chi connectivity index (χ3v) is 3.48. The van der Waals surface area contributed by atoms with Gasteiger partial charge in [0.2, 0.25) is 0 Å². The fraction of sp³-hybridized carbons (Fsp3) is 0.533. The highest BCUT2D eigenvalue weighted by Crippen LogP contribution is 2.28. The van der Waals surface area contributed by atoms with Crippen molar-refractivity contribution in [2.75, 3.05) is 11.9 Å². The molecule has 1 aliphatic rings. The average molecular weight is 247 g/mol. The molecule has 1 aliphatic carbocycles. The monoisotopic (exact) mass is 247 g/mol. The average Bonchev–Trinajstić information content (AvgIpc) is 2.41. The minimum Gasteiger partial charge on any atom is -0.466 e. The van der Waals surface area contributed by atoms with Crippen LogP contribution in [0.5, 0.6) is 0 Å². The van der Waals surface area contributed by atoms with Crippen molar-refractivity contribution in [3.05, 3.63) is 30.3 Å². The lowest BCUT2D eigenvalue weighted by Gasteiger charge is -2.31. The number of hydrogen-bond acceptors (Lipinski definition) is 3. The molecule has 0 aromatic heterocycles. The lowest BCUT2D eigenvalue weighted by molar-refractivity contribution is -0.149. The minimum absolute atomic E-state index is 0.00101. The molecule has 3 heteroatoms. The Labute approximate surface area is 109 Å². The molecule has 0 spiro atoms. The Morgan fingerprint density at radius 1 is 1.28 bits per heavy atom. The fourth-order valence-corrected chi connectivity index (χ4v) is 2.58. The Morgan fingerprint density at radius 3 is 2.72 bits per heavy atom. The fourth-order valence-electron chi connectivity index (χ4n) is 2.58. The van der Waals surface area contributed by atoms with E-state index >= 15 is 0 Å².